The highest BCUT2D eigenvalue weighted by Gasteiger charge is 2.36. The van der Waals surface area contributed by atoms with Crippen LogP contribution in [-0.2, 0) is 9.59 Å². The molecule has 1 aliphatic rings. The van der Waals surface area contributed by atoms with Crippen LogP contribution in [0.4, 0.5) is 5.69 Å². The molecule has 5 heteroatoms. The Hall–Kier alpha value is -2.04. The van der Waals surface area contributed by atoms with E-state index in [-0.39, 0.29) is 24.6 Å². The maximum Gasteiger partial charge on any atom is 0.308 e. The topological polar surface area (TPSA) is 77.8 Å². The fourth-order valence-corrected chi connectivity index (χ4v) is 1.97. The van der Waals surface area contributed by atoms with Gasteiger partial charge in [-0.25, -0.2) is 0 Å². The molecule has 0 radical (unpaired) electrons. The molecular formula is C12H13NO4. The summed E-state index contributed by atoms with van der Waals surface area (Å²) in [5.41, 5.74) is 1.05. The number of phenols is 1. The molecule has 0 aromatic heterocycles. The van der Waals surface area contributed by atoms with Gasteiger partial charge >= 0.3 is 5.97 Å². The molecule has 0 bridgehead atoms. The number of carbonyl (C=O) groups excluding carboxylic acids is 1. The number of phenolic OH excluding ortho intramolecular Hbond substituents is 1. The average molecular weight is 235 g/mol. The van der Waals surface area contributed by atoms with Crippen molar-refractivity contribution in [1.82, 2.24) is 0 Å². The first kappa shape index (κ1) is 11.4. The van der Waals surface area contributed by atoms with Crippen LogP contribution in [0.3, 0.4) is 0 Å². The van der Waals surface area contributed by atoms with Crippen LogP contribution in [0.1, 0.15) is 12.0 Å². The summed E-state index contributed by atoms with van der Waals surface area (Å²) < 4.78 is 0. The quantitative estimate of drug-likeness (QED) is 0.805. The van der Waals surface area contributed by atoms with Crippen molar-refractivity contribution in [2.24, 2.45) is 5.92 Å². The number of amides is 1. The number of aliphatic carboxylic acids is 1. The van der Waals surface area contributed by atoms with Crippen molar-refractivity contribution in [3.8, 4) is 5.75 Å². The van der Waals surface area contributed by atoms with Gasteiger partial charge in [0.25, 0.3) is 0 Å². The van der Waals surface area contributed by atoms with E-state index < -0.39 is 11.9 Å². The van der Waals surface area contributed by atoms with E-state index >= 15 is 0 Å². The molecular weight excluding hydrogens is 222 g/mol. The van der Waals surface area contributed by atoms with E-state index in [1.165, 1.54) is 4.90 Å². The lowest BCUT2D eigenvalue weighted by Crippen LogP contribution is -2.25. The van der Waals surface area contributed by atoms with Gasteiger partial charge in [0.15, 0.2) is 0 Å². The zero-order chi connectivity index (χ0) is 12.6. The Kier molecular flexibility index (Phi) is 2.75. The first-order valence-corrected chi connectivity index (χ1v) is 5.32. The summed E-state index contributed by atoms with van der Waals surface area (Å²) in [6.45, 7) is 1.85. The van der Waals surface area contributed by atoms with Crippen molar-refractivity contribution in [2.45, 2.75) is 13.3 Å². The number of para-hydroxylation sites is 1. The number of aryl methyl sites for hydroxylation is 1. The van der Waals surface area contributed by atoms with E-state index in [2.05, 4.69) is 0 Å². The summed E-state index contributed by atoms with van der Waals surface area (Å²) in [4.78, 5) is 23.9. The normalized spacial score (nSPS) is 19.7. The highest BCUT2D eigenvalue weighted by molar-refractivity contribution is 6.00. The smallest absolute Gasteiger partial charge is 0.308 e. The Labute approximate surface area is 98.3 Å². The number of anilines is 1. The van der Waals surface area contributed by atoms with Gasteiger partial charge in [0.05, 0.1) is 11.6 Å². The van der Waals surface area contributed by atoms with Gasteiger partial charge in [-0.3, -0.25) is 9.59 Å². The number of benzene rings is 1. The fraction of sp³-hybridized carbons (Fsp3) is 0.333. The predicted molar refractivity (Wildman–Crippen MR) is 60.9 cm³/mol. The number of hydrogen-bond donors (Lipinski definition) is 2. The summed E-state index contributed by atoms with van der Waals surface area (Å²) in [6, 6.07) is 5.07. The summed E-state index contributed by atoms with van der Waals surface area (Å²) >= 11 is 0. The Morgan fingerprint density at radius 3 is 2.76 bits per heavy atom. The van der Waals surface area contributed by atoms with Gasteiger partial charge in [-0.1, -0.05) is 12.1 Å². The van der Waals surface area contributed by atoms with Gasteiger partial charge in [-0.2, -0.15) is 0 Å². The van der Waals surface area contributed by atoms with E-state index in [4.69, 9.17) is 5.11 Å². The largest absolute Gasteiger partial charge is 0.505 e. The van der Waals surface area contributed by atoms with Crippen LogP contribution in [0.2, 0.25) is 0 Å². The molecule has 1 aromatic rings. The third-order valence-electron chi connectivity index (χ3n) is 2.98. The van der Waals surface area contributed by atoms with Crippen molar-refractivity contribution in [1.29, 1.82) is 0 Å². The first-order chi connectivity index (χ1) is 8.00. The Bertz CT molecular complexity index is 483. The molecule has 1 aliphatic heterocycles. The molecule has 0 aliphatic carbocycles. The number of carboxylic acid groups (broad SMARTS) is 1. The molecule has 0 saturated carbocycles. The van der Waals surface area contributed by atoms with Crippen molar-refractivity contribution in [2.75, 3.05) is 11.4 Å². The molecule has 5 nitrogen and oxygen atoms in total. The second kappa shape index (κ2) is 4.08. The maximum absolute atomic E-state index is 11.7. The molecule has 0 spiro atoms. The highest BCUT2D eigenvalue weighted by atomic mass is 16.4. The van der Waals surface area contributed by atoms with Crippen LogP contribution in [0.15, 0.2) is 18.2 Å². The van der Waals surface area contributed by atoms with Crippen LogP contribution in [0.5, 0.6) is 5.75 Å². The monoisotopic (exact) mass is 235 g/mol. The third kappa shape index (κ3) is 1.95. The summed E-state index contributed by atoms with van der Waals surface area (Å²) in [5.74, 6) is -1.90. The van der Waals surface area contributed by atoms with Gasteiger partial charge < -0.3 is 15.1 Å². The van der Waals surface area contributed by atoms with Gasteiger partial charge in [-0.05, 0) is 18.6 Å². The van der Waals surface area contributed by atoms with Gasteiger partial charge in [0, 0.05) is 13.0 Å². The van der Waals surface area contributed by atoms with Crippen molar-refractivity contribution < 1.29 is 19.8 Å². The SMILES string of the molecule is Cc1cccc(N2CC(C(=O)O)CC2=O)c1O. The maximum atomic E-state index is 11.7. The third-order valence-corrected chi connectivity index (χ3v) is 2.98. The Morgan fingerprint density at radius 2 is 2.18 bits per heavy atom. The van der Waals surface area contributed by atoms with Crippen LogP contribution in [0.25, 0.3) is 0 Å². The van der Waals surface area contributed by atoms with Crippen LogP contribution >= 0.6 is 0 Å². The zero-order valence-corrected chi connectivity index (χ0v) is 9.38. The van der Waals surface area contributed by atoms with Crippen LogP contribution in [-0.4, -0.2) is 28.6 Å². The second-order valence-corrected chi connectivity index (χ2v) is 4.19. The summed E-state index contributed by atoms with van der Waals surface area (Å²) in [7, 11) is 0. The minimum absolute atomic E-state index is 0.0112. The molecule has 1 unspecified atom stereocenters. The standard InChI is InChI=1S/C12H13NO4/c1-7-3-2-4-9(11(7)15)13-6-8(12(16)17)5-10(13)14/h2-4,8,15H,5-6H2,1H3,(H,16,17). The lowest BCUT2D eigenvalue weighted by atomic mass is 10.1. The van der Waals surface area contributed by atoms with Crippen molar-refractivity contribution in [3.05, 3.63) is 23.8 Å². The predicted octanol–water partition coefficient (Wildman–Crippen LogP) is 1.14. The number of carbonyl (C=O) groups is 2. The highest BCUT2D eigenvalue weighted by Crippen LogP contribution is 2.34. The molecule has 1 heterocycles. The van der Waals surface area contributed by atoms with Gasteiger partial charge in [0.2, 0.25) is 5.91 Å². The van der Waals surface area contributed by atoms with E-state index in [1.54, 1.807) is 25.1 Å². The number of hydrogen-bond acceptors (Lipinski definition) is 3. The Morgan fingerprint density at radius 1 is 1.47 bits per heavy atom. The molecule has 2 rings (SSSR count). The molecule has 1 saturated heterocycles. The lowest BCUT2D eigenvalue weighted by Gasteiger charge is -2.18. The van der Waals surface area contributed by atoms with Gasteiger partial charge in [0.1, 0.15) is 5.75 Å². The van der Waals surface area contributed by atoms with E-state index in [0.717, 1.165) is 0 Å². The van der Waals surface area contributed by atoms with Crippen LogP contribution < -0.4 is 4.90 Å². The fourth-order valence-electron chi connectivity index (χ4n) is 1.97. The van der Waals surface area contributed by atoms with E-state index in [1.807, 2.05) is 0 Å². The first-order valence-electron chi connectivity index (χ1n) is 5.32. The number of carboxylic acids is 1. The Balaban J connectivity index is 2.32. The molecule has 1 fully saturated rings. The molecule has 17 heavy (non-hydrogen) atoms. The van der Waals surface area contributed by atoms with Crippen molar-refractivity contribution >= 4 is 17.6 Å². The summed E-state index contributed by atoms with van der Waals surface area (Å²) in [6.07, 6.45) is -0.0112. The second-order valence-electron chi connectivity index (χ2n) is 4.19. The minimum Gasteiger partial charge on any atom is -0.505 e. The number of aromatic hydroxyl groups is 1. The van der Waals surface area contributed by atoms with E-state index in [9.17, 15) is 14.7 Å². The molecule has 1 amide bonds. The van der Waals surface area contributed by atoms with Crippen LogP contribution in [0, 0.1) is 12.8 Å². The number of rotatable bonds is 2. The lowest BCUT2D eigenvalue weighted by molar-refractivity contribution is -0.141. The van der Waals surface area contributed by atoms with Gasteiger partial charge in [-0.15, -0.1) is 0 Å². The average Bonchev–Trinajstić information content (AvgIpc) is 2.65. The number of nitrogens with zero attached hydrogens (tertiary/aromatic N) is 1. The molecule has 1 atom stereocenters. The zero-order valence-electron chi connectivity index (χ0n) is 9.38. The summed E-state index contributed by atoms with van der Waals surface area (Å²) in [5, 5.41) is 18.7. The van der Waals surface area contributed by atoms with Crippen molar-refractivity contribution in [3.63, 3.8) is 0 Å². The molecule has 1 aromatic carbocycles. The molecule has 90 valence electrons. The van der Waals surface area contributed by atoms with E-state index in [0.29, 0.717) is 11.3 Å². The minimum atomic E-state index is -0.979. The molecule has 2 N–H and O–H groups in total.